The van der Waals surface area contributed by atoms with Crippen LogP contribution >= 0.6 is 0 Å². The van der Waals surface area contributed by atoms with Gasteiger partial charge < -0.3 is 10.1 Å². The lowest BCUT2D eigenvalue weighted by Gasteiger charge is -2.26. The van der Waals surface area contributed by atoms with Crippen molar-refractivity contribution in [1.82, 2.24) is 5.32 Å². The number of rotatable bonds is 7. The van der Waals surface area contributed by atoms with Gasteiger partial charge in [-0.2, -0.15) is 0 Å². The average molecular weight is 381 g/mol. The van der Waals surface area contributed by atoms with Crippen molar-refractivity contribution < 1.29 is 17.9 Å². The number of fused-ring (bicyclic) bond motifs is 2. The van der Waals surface area contributed by atoms with Gasteiger partial charge in [0.05, 0.1) is 11.9 Å². The van der Waals surface area contributed by atoms with Crippen LogP contribution < -0.4 is 14.4 Å². The van der Waals surface area contributed by atoms with Crippen LogP contribution in [0.2, 0.25) is 0 Å². The summed E-state index contributed by atoms with van der Waals surface area (Å²) in [5, 5.41) is 3.18. The minimum Gasteiger partial charge on any atom is -0.481 e. The van der Waals surface area contributed by atoms with Crippen LogP contribution in [0.3, 0.4) is 0 Å². The van der Waals surface area contributed by atoms with Gasteiger partial charge in [0.25, 0.3) is 5.91 Å². The molecule has 7 heteroatoms. The van der Waals surface area contributed by atoms with E-state index >= 15 is 0 Å². The Morgan fingerprint density at radius 3 is 2.46 bits per heavy atom. The van der Waals surface area contributed by atoms with Crippen molar-refractivity contribution in [2.75, 3.05) is 17.6 Å². The first kappa shape index (κ1) is 19.0. The first-order valence-electron chi connectivity index (χ1n) is 9.29. The monoisotopic (exact) mass is 380 g/mol. The molecule has 1 aromatic carbocycles. The normalized spacial score (nSPS) is 25.7. The second-order valence-corrected chi connectivity index (χ2v) is 9.54. The number of carbonyl (C=O) groups is 1. The maximum Gasteiger partial charge on any atom is 0.261 e. The van der Waals surface area contributed by atoms with Crippen molar-refractivity contribution in [2.24, 2.45) is 11.8 Å². The summed E-state index contributed by atoms with van der Waals surface area (Å²) in [5.74, 6) is 1.92. The SMILES string of the molecule is CC[C@H](Oc1ccc(N(C)S(C)(=O)=O)cc1)C(=O)N[C@@H]1C[C@@H]2CC[C@@H]1C2. The van der Waals surface area contributed by atoms with Crippen LogP contribution in [0.4, 0.5) is 5.69 Å². The molecule has 1 aromatic rings. The molecule has 6 nitrogen and oxygen atoms in total. The Morgan fingerprint density at radius 1 is 1.27 bits per heavy atom. The van der Waals surface area contributed by atoms with Gasteiger partial charge in [-0.1, -0.05) is 13.3 Å². The zero-order valence-corrected chi connectivity index (χ0v) is 16.5. The number of carbonyl (C=O) groups excluding carboxylic acids is 1. The second-order valence-electron chi connectivity index (χ2n) is 7.53. The highest BCUT2D eigenvalue weighted by atomic mass is 32.2. The number of sulfonamides is 1. The van der Waals surface area contributed by atoms with Crippen LogP contribution in [0.15, 0.2) is 24.3 Å². The summed E-state index contributed by atoms with van der Waals surface area (Å²) in [6, 6.07) is 7.05. The van der Waals surface area contributed by atoms with Gasteiger partial charge in [-0.25, -0.2) is 8.42 Å². The van der Waals surface area contributed by atoms with Crippen LogP contribution in [-0.4, -0.2) is 39.8 Å². The number of hydrogen-bond acceptors (Lipinski definition) is 4. The molecule has 2 saturated carbocycles. The molecule has 1 amide bonds. The standard InChI is InChI=1S/C19H28N2O4S/c1-4-18(19(22)20-17-12-13-5-6-14(17)11-13)25-16-9-7-15(8-10-16)21(2)26(3,23)24/h7-10,13-14,17-18H,4-6,11-12H2,1-3H3,(H,20,22)/t13-,14-,17-,18+/m1/s1. The minimum atomic E-state index is -3.30. The van der Waals surface area contributed by atoms with E-state index in [0.29, 0.717) is 29.8 Å². The molecule has 2 aliphatic carbocycles. The number of amides is 1. The molecule has 0 aromatic heterocycles. The van der Waals surface area contributed by atoms with Gasteiger partial charge >= 0.3 is 0 Å². The Labute approximate surface area is 156 Å². The Balaban J connectivity index is 1.60. The summed E-state index contributed by atoms with van der Waals surface area (Å²) in [5.41, 5.74) is 0.555. The first-order chi connectivity index (χ1) is 12.3. The predicted molar refractivity (Wildman–Crippen MR) is 102 cm³/mol. The Morgan fingerprint density at radius 2 is 1.96 bits per heavy atom. The fraction of sp³-hybridized carbons (Fsp3) is 0.632. The van der Waals surface area contributed by atoms with E-state index in [4.69, 9.17) is 4.74 Å². The molecule has 3 rings (SSSR count). The molecule has 0 heterocycles. The molecule has 2 aliphatic rings. The van der Waals surface area contributed by atoms with Crippen molar-refractivity contribution in [2.45, 2.75) is 51.2 Å². The highest BCUT2D eigenvalue weighted by molar-refractivity contribution is 7.92. The topological polar surface area (TPSA) is 75.7 Å². The Hall–Kier alpha value is -1.76. The van der Waals surface area contributed by atoms with Gasteiger partial charge in [-0.05, 0) is 61.8 Å². The number of nitrogens with zero attached hydrogens (tertiary/aromatic N) is 1. The van der Waals surface area contributed by atoms with E-state index in [1.165, 1.54) is 30.6 Å². The van der Waals surface area contributed by atoms with E-state index in [9.17, 15) is 13.2 Å². The number of ether oxygens (including phenoxy) is 1. The van der Waals surface area contributed by atoms with E-state index < -0.39 is 16.1 Å². The zero-order chi connectivity index (χ0) is 18.9. The zero-order valence-electron chi connectivity index (χ0n) is 15.6. The lowest BCUT2D eigenvalue weighted by molar-refractivity contribution is -0.129. The van der Waals surface area contributed by atoms with Gasteiger partial charge in [0.1, 0.15) is 5.75 Å². The summed E-state index contributed by atoms with van der Waals surface area (Å²) >= 11 is 0. The fourth-order valence-electron chi connectivity index (χ4n) is 4.11. The molecule has 4 atom stereocenters. The Bertz CT molecular complexity index is 747. The van der Waals surface area contributed by atoms with Crippen molar-refractivity contribution in [1.29, 1.82) is 0 Å². The Kier molecular flexibility index (Phi) is 5.46. The third-order valence-corrected chi connectivity index (χ3v) is 6.91. The van der Waals surface area contributed by atoms with Crippen molar-refractivity contribution >= 4 is 21.6 Å². The van der Waals surface area contributed by atoms with Gasteiger partial charge in [0.15, 0.2) is 6.10 Å². The highest BCUT2D eigenvalue weighted by Crippen LogP contribution is 2.44. The lowest BCUT2D eigenvalue weighted by atomic mass is 9.95. The van der Waals surface area contributed by atoms with Gasteiger partial charge in [0.2, 0.25) is 10.0 Å². The molecule has 0 saturated heterocycles. The summed E-state index contributed by atoms with van der Waals surface area (Å²) in [4.78, 5) is 12.6. The summed E-state index contributed by atoms with van der Waals surface area (Å²) < 4.78 is 30.2. The molecular formula is C19H28N2O4S. The predicted octanol–water partition coefficient (Wildman–Crippen LogP) is 2.54. The van der Waals surface area contributed by atoms with Crippen LogP contribution in [0, 0.1) is 11.8 Å². The number of benzene rings is 1. The number of anilines is 1. The highest BCUT2D eigenvalue weighted by Gasteiger charge is 2.40. The van der Waals surface area contributed by atoms with E-state index in [0.717, 1.165) is 18.6 Å². The quantitative estimate of drug-likeness (QED) is 0.789. The second kappa shape index (κ2) is 7.47. The van der Waals surface area contributed by atoms with Crippen LogP contribution in [0.25, 0.3) is 0 Å². The summed E-state index contributed by atoms with van der Waals surface area (Å²) in [7, 11) is -1.80. The molecule has 144 valence electrons. The van der Waals surface area contributed by atoms with Gasteiger partial charge in [0, 0.05) is 13.1 Å². The number of hydrogen-bond donors (Lipinski definition) is 1. The van der Waals surface area contributed by atoms with E-state index in [1.54, 1.807) is 24.3 Å². The molecule has 1 N–H and O–H groups in total. The van der Waals surface area contributed by atoms with Crippen molar-refractivity contribution in [3.63, 3.8) is 0 Å². The molecule has 0 spiro atoms. The molecule has 2 fully saturated rings. The molecular weight excluding hydrogens is 352 g/mol. The van der Waals surface area contributed by atoms with Crippen LogP contribution in [0.5, 0.6) is 5.75 Å². The first-order valence-corrected chi connectivity index (χ1v) is 11.1. The molecule has 0 unspecified atom stereocenters. The fourth-order valence-corrected chi connectivity index (χ4v) is 4.61. The van der Waals surface area contributed by atoms with E-state index in [2.05, 4.69) is 5.32 Å². The largest absolute Gasteiger partial charge is 0.481 e. The average Bonchev–Trinajstić information content (AvgIpc) is 3.21. The van der Waals surface area contributed by atoms with E-state index in [1.807, 2.05) is 6.92 Å². The lowest BCUT2D eigenvalue weighted by Crippen LogP contribution is -2.45. The third-order valence-electron chi connectivity index (χ3n) is 5.71. The van der Waals surface area contributed by atoms with Crippen LogP contribution in [0.1, 0.15) is 39.0 Å². The van der Waals surface area contributed by atoms with Crippen molar-refractivity contribution in [3.05, 3.63) is 24.3 Å². The van der Waals surface area contributed by atoms with Crippen LogP contribution in [-0.2, 0) is 14.8 Å². The summed E-state index contributed by atoms with van der Waals surface area (Å²) in [6.07, 6.45) is 6.08. The third kappa shape index (κ3) is 4.14. The molecule has 26 heavy (non-hydrogen) atoms. The molecule has 2 bridgehead atoms. The molecule has 0 radical (unpaired) electrons. The minimum absolute atomic E-state index is 0.0534. The number of nitrogens with one attached hydrogen (secondary N) is 1. The maximum absolute atomic E-state index is 12.6. The van der Waals surface area contributed by atoms with Crippen molar-refractivity contribution in [3.8, 4) is 5.75 Å². The molecule has 0 aliphatic heterocycles. The summed E-state index contributed by atoms with van der Waals surface area (Å²) in [6.45, 7) is 1.93. The van der Waals surface area contributed by atoms with Gasteiger partial charge in [-0.3, -0.25) is 9.10 Å². The smallest absolute Gasteiger partial charge is 0.261 e. The maximum atomic E-state index is 12.6. The van der Waals surface area contributed by atoms with E-state index in [-0.39, 0.29) is 5.91 Å². The van der Waals surface area contributed by atoms with Gasteiger partial charge in [-0.15, -0.1) is 0 Å².